The molecule has 1 heterocycles. The largest absolute Gasteiger partial charge is 0.332 e. The number of nitrogens with zero attached hydrogens (tertiary/aromatic N) is 2. The predicted molar refractivity (Wildman–Crippen MR) is 122 cm³/mol. The van der Waals surface area contributed by atoms with Crippen molar-refractivity contribution in [2.45, 2.75) is 37.9 Å². The second kappa shape index (κ2) is 10.5. The summed E-state index contributed by atoms with van der Waals surface area (Å²) in [5.41, 5.74) is 1.97. The van der Waals surface area contributed by atoms with E-state index in [0.29, 0.717) is 31.0 Å². The Labute approximate surface area is 180 Å². The van der Waals surface area contributed by atoms with Gasteiger partial charge >= 0.3 is 5.69 Å². The van der Waals surface area contributed by atoms with Crippen molar-refractivity contribution in [1.82, 2.24) is 9.13 Å². The summed E-state index contributed by atoms with van der Waals surface area (Å²) in [5, 5.41) is 0.728. The molecule has 0 spiro atoms. The summed E-state index contributed by atoms with van der Waals surface area (Å²) in [5.74, 6) is 1.28. The normalized spacial score (nSPS) is 11.0. The van der Waals surface area contributed by atoms with Crippen molar-refractivity contribution in [3.05, 3.63) is 87.1 Å². The van der Waals surface area contributed by atoms with Gasteiger partial charge in [-0.3, -0.25) is 13.9 Å². The van der Waals surface area contributed by atoms with E-state index < -0.39 is 0 Å². The van der Waals surface area contributed by atoms with Crippen molar-refractivity contribution >= 4 is 23.4 Å². The zero-order valence-electron chi connectivity index (χ0n) is 16.5. The van der Waals surface area contributed by atoms with Gasteiger partial charge < -0.3 is 0 Å². The van der Waals surface area contributed by atoms with E-state index in [0.717, 1.165) is 28.3 Å². The van der Waals surface area contributed by atoms with Crippen molar-refractivity contribution < 1.29 is 0 Å². The maximum atomic E-state index is 13.4. The quantitative estimate of drug-likeness (QED) is 0.211. The molecule has 2 aromatic carbocycles. The first kappa shape index (κ1) is 21.5. The number of benzene rings is 2. The van der Waals surface area contributed by atoms with Crippen LogP contribution in [0.5, 0.6) is 0 Å². The maximum absolute atomic E-state index is 13.4. The van der Waals surface area contributed by atoms with E-state index in [-0.39, 0.29) is 11.2 Å². The molecule has 152 valence electrons. The van der Waals surface area contributed by atoms with Crippen LogP contribution in [0, 0.1) is 0 Å². The summed E-state index contributed by atoms with van der Waals surface area (Å²) in [6.07, 6.45) is 1.46. The molecule has 29 heavy (non-hydrogen) atoms. The van der Waals surface area contributed by atoms with Crippen molar-refractivity contribution in [2.24, 2.45) is 0 Å². The molecular weight excluding hydrogens is 404 g/mol. The molecule has 0 N–H and O–H groups in total. The summed E-state index contributed by atoms with van der Waals surface area (Å²) in [6, 6.07) is 19.5. The van der Waals surface area contributed by atoms with E-state index >= 15 is 0 Å². The molecule has 0 aliphatic heterocycles. The first-order valence-corrected chi connectivity index (χ1v) is 11.3. The number of halogens is 1. The highest BCUT2D eigenvalue weighted by Gasteiger charge is 2.20. The van der Waals surface area contributed by atoms with Crippen LogP contribution < -0.4 is 11.2 Å². The minimum Gasteiger partial charge on any atom is -0.283 e. The molecule has 4 nitrogen and oxygen atoms in total. The van der Waals surface area contributed by atoms with Crippen molar-refractivity contribution in [3.8, 4) is 11.1 Å². The average molecular weight is 429 g/mol. The number of aromatic nitrogens is 2. The molecule has 1 aromatic heterocycles. The lowest BCUT2D eigenvalue weighted by Crippen LogP contribution is -2.42. The fourth-order valence-electron chi connectivity index (χ4n) is 3.29. The van der Waals surface area contributed by atoms with Gasteiger partial charge in [0, 0.05) is 12.4 Å². The molecular formula is C23H25ClN2O2S. The van der Waals surface area contributed by atoms with Gasteiger partial charge in [0.05, 0.1) is 17.1 Å². The lowest BCUT2D eigenvalue weighted by Gasteiger charge is -2.19. The third kappa shape index (κ3) is 5.03. The molecule has 0 aliphatic carbocycles. The monoisotopic (exact) mass is 428 g/mol. The lowest BCUT2D eigenvalue weighted by atomic mass is 10.1. The molecule has 3 rings (SSSR count). The van der Waals surface area contributed by atoms with Crippen LogP contribution in [0.1, 0.15) is 25.3 Å². The fraction of sp³-hybridized carbons (Fsp3) is 0.304. The van der Waals surface area contributed by atoms with Crippen molar-refractivity contribution in [2.75, 3.05) is 11.6 Å². The van der Waals surface area contributed by atoms with Gasteiger partial charge in [-0.15, -0.1) is 23.4 Å². The van der Waals surface area contributed by atoms with Crippen LogP contribution >= 0.6 is 23.4 Å². The molecule has 0 fully saturated rings. The van der Waals surface area contributed by atoms with Gasteiger partial charge in [-0.05, 0) is 29.7 Å². The minimum atomic E-state index is -0.260. The summed E-state index contributed by atoms with van der Waals surface area (Å²) >= 11 is 7.34. The van der Waals surface area contributed by atoms with Crippen LogP contribution in [0.4, 0.5) is 0 Å². The second-order valence-corrected chi connectivity index (χ2v) is 8.32. The highest BCUT2D eigenvalue weighted by atomic mass is 35.5. The van der Waals surface area contributed by atoms with E-state index in [4.69, 9.17) is 11.6 Å². The Bertz CT molecular complexity index is 1050. The predicted octanol–water partition coefficient (Wildman–Crippen LogP) is 4.86. The van der Waals surface area contributed by atoms with Crippen LogP contribution in [0.3, 0.4) is 0 Å². The molecule has 0 aliphatic rings. The van der Waals surface area contributed by atoms with Crippen LogP contribution in [-0.2, 0) is 13.1 Å². The summed E-state index contributed by atoms with van der Waals surface area (Å²) in [6.45, 7) is 2.83. The number of thioether (sulfide) groups is 1. The van der Waals surface area contributed by atoms with Crippen LogP contribution in [0.2, 0.25) is 0 Å². The van der Waals surface area contributed by atoms with Gasteiger partial charge in [0.1, 0.15) is 0 Å². The Morgan fingerprint density at radius 3 is 2.17 bits per heavy atom. The highest BCUT2D eigenvalue weighted by Crippen LogP contribution is 2.28. The number of hydrogen-bond acceptors (Lipinski definition) is 3. The number of rotatable bonds is 9. The molecule has 6 heteroatoms. The van der Waals surface area contributed by atoms with Gasteiger partial charge in [0.25, 0.3) is 5.56 Å². The molecule has 0 bridgehead atoms. The Morgan fingerprint density at radius 1 is 0.897 bits per heavy atom. The Balaban J connectivity index is 2.25. The SMILES string of the molecule is CCSc1c(-c2ccccc2)c(=O)n(CCCCCl)c(=O)n1Cc1ccccc1. The van der Waals surface area contributed by atoms with Gasteiger partial charge in [-0.25, -0.2) is 4.79 Å². The van der Waals surface area contributed by atoms with Gasteiger partial charge in [-0.2, -0.15) is 0 Å². The molecule has 0 saturated heterocycles. The summed E-state index contributed by atoms with van der Waals surface area (Å²) in [7, 11) is 0. The maximum Gasteiger partial charge on any atom is 0.332 e. The molecule has 0 atom stereocenters. The van der Waals surface area contributed by atoms with Gasteiger partial charge in [0.15, 0.2) is 0 Å². The van der Waals surface area contributed by atoms with Crippen LogP contribution in [0.25, 0.3) is 11.1 Å². The number of hydrogen-bond donors (Lipinski definition) is 0. The number of alkyl halides is 1. The van der Waals surface area contributed by atoms with E-state index in [1.54, 1.807) is 4.57 Å². The van der Waals surface area contributed by atoms with E-state index in [2.05, 4.69) is 0 Å². The zero-order chi connectivity index (χ0) is 20.6. The minimum absolute atomic E-state index is 0.226. The Kier molecular flexibility index (Phi) is 7.78. The smallest absolute Gasteiger partial charge is 0.283 e. The van der Waals surface area contributed by atoms with Crippen molar-refractivity contribution in [3.63, 3.8) is 0 Å². The van der Waals surface area contributed by atoms with Crippen LogP contribution in [-0.4, -0.2) is 20.8 Å². The Hall–Kier alpha value is -2.24. The summed E-state index contributed by atoms with van der Waals surface area (Å²) < 4.78 is 3.12. The molecule has 0 radical (unpaired) electrons. The van der Waals surface area contributed by atoms with Crippen LogP contribution in [0.15, 0.2) is 75.3 Å². The van der Waals surface area contributed by atoms with E-state index in [9.17, 15) is 9.59 Å². The summed E-state index contributed by atoms with van der Waals surface area (Å²) in [4.78, 5) is 26.7. The zero-order valence-corrected chi connectivity index (χ0v) is 18.1. The molecule has 0 saturated carbocycles. The fourth-order valence-corrected chi connectivity index (χ4v) is 4.40. The van der Waals surface area contributed by atoms with Gasteiger partial charge in [0.2, 0.25) is 0 Å². The molecule has 0 amide bonds. The Morgan fingerprint density at radius 2 is 1.55 bits per heavy atom. The highest BCUT2D eigenvalue weighted by molar-refractivity contribution is 7.99. The van der Waals surface area contributed by atoms with Crippen molar-refractivity contribution in [1.29, 1.82) is 0 Å². The lowest BCUT2D eigenvalue weighted by molar-refractivity contribution is 0.526. The molecule has 3 aromatic rings. The third-order valence-corrected chi connectivity index (χ3v) is 5.93. The van der Waals surface area contributed by atoms with Gasteiger partial charge in [-0.1, -0.05) is 67.6 Å². The first-order chi connectivity index (χ1) is 14.2. The second-order valence-electron chi connectivity index (χ2n) is 6.69. The molecule has 0 unspecified atom stereocenters. The standard InChI is InChI=1S/C23H25ClN2O2S/c1-2-29-22-20(19-13-7-4-8-14-19)21(27)25(16-10-9-15-24)23(28)26(22)17-18-11-5-3-6-12-18/h3-8,11-14H,2,9-10,15-17H2,1H3. The van der Waals surface area contributed by atoms with E-state index in [1.807, 2.05) is 67.6 Å². The topological polar surface area (TPSA) is 44.0 Å². The third-order valence-electron chi connectivity index (χ3n) is 4.67. The first-order valence-electron chi connectivity index (χ1n) is 9.83. The van der Waals surface area contributed by atoms with E-state index in [1.165, 1.54) is 16.3 Å². The number of unbranched alkanes of at least 4 members (excludes halogenated alkanes) is 1. The average Bonchev–Trinajstić information content (AvgIpc) is 2.75.